The Kier molecular flexibility index (Phi) is 3.74. The minimum Gasteiger partial charge on any atom is -0.393 e. The fourth-order valence-corrected chi connectivity index (χ4v) is 7.54. The van der Waals surface area contributed by atoms with Gasteiger partial charge in [0.15, 0.2) is 0 Å². The molecule has 2 nitrogen and oxygen atoms in total. The van der Waals surface area contributed by atoms with Crippen LogP contribution in [0.4, 0.5) is 0 Å². The molecule has 0 heterocycles. The summed E-state index contributed by atoms with van der Waals surface area (Å²) in [7, 11) is 0. The minimum atomic E-state index is -0.199. The summed E-state index contributed by atoms with van der Waals surface area (Å²) in [6, 6.07) is 0. The lowest BCUT2D eigenvalue weighted by molar-refractivity contribution is -0.0725. The molecule has 3 fully saturated rings. The zero-order chi connectivity index (χ0) is 16.4. The molecule has 0 bridgehead atoms. The van der Waals surface area contributed by atoms with E-state index in [2.05, 4.69) is 19.9 Å². The zero-order valence-electron chi connectivity index (χ0n) is 15.1. The van der Waals surface area contributed by atoms with Crippen molar-refractivity contribution in [2.24, 2.45) is 34.5 Å². The number of allylic oxidation sites excluding steroid dienone is 1. The Bertz CT molecular complexity index is 510. The van der Waals surface area contributed by atoms with Gasteiger partial charge in [-0.15, -0.1) is 0 Å². The normalized spacial score (nSPS) is 53.8. The molecule has 0 aromatic heterocycles. The van der Waals surface area contributed by atoms with Crippen LogP contribution in [0.2, 0.25) is 0 Å². The van der Waals surface area contributed by atoms with E-state index in [4.69, 9.17) is 0 Å². The number of rotatable bonds is 1. The van der Waals surface area contributed by atoms with Crippen LogP contribution in [0.1, 0.15) is 72.1 Å². The van der Waals surface area contributed by atoms with Crippen LogP contribution in [0.25, 0.3) is 0 Å². The molecule has 4 aliphatic rings. The highest BCUT2D eigenvalue weighted by Gasteiger charge is 2.59. The van der Waals surface area contributed by atoms with Crippen LogP contribution in [0, 0.1) is 34.5 Å². The Morgan fingerprint density at radius 2 is 1.83 bits per heavy atom. The summed E-state index contributed by atoms with van der Waals surface area (Å²) in [6.45, 7) is 6.98. The largest absolute Gasteiger partial charge is 0.393 e. The molecule has 2 N–H and O–H groups in total. The van der Waals surface area contributed by atoms with Crippen molar-refractivity contribution < 1.29 is 10.2 Å². The van der Waals surface area contributed by atoms with Crippen LogP contribution in [-0.4, -0.2) is 22.4 Å². The molecule has 0 aromatic carbocycles. The van der Waals surface area contributed by atoms with Gasteiger partial charge in [0.2, 0.25) is 0 Å². The maximum atomic E-state index is 10.3. The van der Waals surface area contributed by atoms with E-state index >= 15 is 0 Å². The Labute approximate surface area is 141 Å². The van der Waals surface area contributed by atoms with E-state index in [-0.39, 0.29) is 12.2 Å². The first-order valence-corrected chi connectivity index (χ1v) is 9.93. The van der Waals surface area contributed by atoms with Crippen molar-refractivity contribution in [2.45, 2.75) is 84.3 Å². The Hall–Kier alpha value is -0.340. The molecule has 4 unspecified atom stereocenters. The van der Waals surface area contributed by atoms with Gasteiger partial charge in [0.1, 0.15) is 0 Å². The smallest absolute Gasteiger partial charge is 0.0724 e. The average Bonchev–Trinajstić information content (AvgIpc) is 2.85. The topological polar surface area (TPSA) is 40.5 Å². The van der Waals surface area contributed by atoms with Gasteiger partial charge in [0, 0.05) is 0 Å². The summed E-state index contributed by atoms with van der Waals surface area (Å²) in [4.78, 5) is 0. The number of aliphatic hydroxyl groups excluding tert-OH is 2. The molecule has 0 spiro atoms. The van der Waals surface area contributed by atoms with E-state index in [1.165, 1.54) is 44.9 Å². The first-order chi connectivity index (χ1) is 10.9. The molecule has 8 atom stereocenters. The van der Waals surface area contributed by atoms with Crippen LogP contribution < -0.4 is 0 Å². The molecule has 3 saturated carbocycles. The third kappa shape index (κ3) is 2.20. The number of aliphatic hydroxyl groups is 2. The average molecular weight is 319 g/mol. The van der Waals surface area contributed by atoms with Crippen molar-refractivity contribution in [3.05, 3.63) is 11.6 Å². The fraction of sp³-hybridized carbons (Fsp3) is 0.905. The molecule has 0 amide bonds. The molecule has 4 aliphatic carbocycles. The quantitative estimate of drug-likeness (QED) is 0.707. The van der Waals surface area contributed by atoms with Gasteiger partial charge in [0.25, 0.3) is 0 Å². The predicted octanol–water partition coefficient (Wildman–Crippen LogP) is 4.31. The van der Waals surface area contributed by atoms with Gasteiger partial charge >= 0.3 is 0 Å². The van der Waals surface area contributed by atoms with Crippen molar-refractivity contribution in [3.8, 4) is 0 Å². The van der Waals surface area contributed by atoms with Gasteiger partial charge in [-0.2, -0.15) is 0 Å². The second-order valence-electron chi connectivity index (χ2n) is 9.60. The Morgan fingerprint density at radius 1 is 1.04 bits per heavy atom. The van der Waals surface area contributed by atoms with Gasteiger partial charge in [-0.1, -0.05) is 25.5 Å². The van der Waals surface area contributed by atoms with E-state index in [1.54, 1.807) is 5.57 Å². The van der Waals surface area contributed by atoms with E-state index < -0.39 is 0 Å². The monoisotopic (exact) mass is 318 g/mol. The van der Waals surface area contributed by atoms with Crippen molar-refractivity contribution in [1.82, 2.24) is 0 Å². The second-order valence-corrected chi connectivity index (χ2v) is 9.60. The van der Waals surface area contributed by atoms with Gasteiger partial charge in [0.05, 0.1) is 12.2 Å². The van der Waals surface area contributed by atoms with Gasteiger partial charge < -0.3 is 10.2 Å². The third-order valence-corrected chi connectivity index (χ3v) is 8.74. The first-order valence-electron chi connectivity index (χ1n) is 9.93. The summed E-state index contributed by atoms with van der Waals surface area (Å²) in [5, 5.41) is 20.3. The van der Waals surface area contributed by atoms with E-state index in [0.717, 1.165) is 24.2 Å². The number of fused-ring (bicyclic) bond motifs is 5. The molecule has 0 saturated heterocycles. The SMILES string of the molecule is C[C@@H](O)C1CCC2C3CCC4=C[C@@H](O)CC[C@]4(C)C3CC[C@@]21C. The van der Waals surface area contributed by atoms with Crippen LogP contribution in [0.3, 0.4) is 0 Å². The molecule has 2 heteroatoms. The van der Waals surface area contributed by atoms with Crippen molar-refractivity contribution in [2.75, 3.05) is 0 Å². The maximum absolute atomic E-state index is 10.3. The third-order valence-electron chi connectivity index (χ3n) is 8.74. The molecule has 23 heavy (non-hydrogen) atoms. The lowest BCUT2D eigenvalue weighted by atomic mass is 9.46. The molecule has 0 aliphatic heterocycles. The highest BCUT2D eigenvalue weighted by molar-refractivity contribution is 5.25. The highest BCUT2D eigenvalue weighted by Crippen LogP contribution is 2.67. The van der Waals surface area contributed by atoms with Crippen molar-refractivity contribution in [3.63, 3.8) is 0 Å². The summed E-state index contributed by atoms with van der Waals surface area (Å²) >= 11 is 0. The maximum Gasteiger partial charge on any atom is 0.0724 e. The van der Waals surface area contributed by atoms with Crippen LogP contribution in [0.5, 0.6) is 0 Å². The van der Waals surface area contributed by atoms with Crippen LogP contribution in [-0.2, 0) is 0 Å². The number of hydrogen-bond acceptors (Lipinski definition) is 2. The van der Waals surface area contributed by atoms with E-state index in [0.29, 0.717) is 16.7 Å². The second kappa shape index (κ2) is 5.33. The lowest BCUT2D eigenvalue weighted by Crippen LogP contribution is -2.51. The van der Waals surface area contributed by atoms with E-state index in [1.807, 2.05) is 6.92 Å². The molecule has 0 aromatic rings. The summed E-state index contributed by atoms with van der Waals surface area (Å²) < 4.78 is 0. The van der Waals surface area contributed by atoms with Crippen LogP contribution >= 0.6 is 0 Å². The van der Waals surface area contributed by atoms with E-state index in [9.17, 15) is 10.2 Å². The summed E-state index contributed by atoms with van der Waals surface area (Å²) in [6.07, 6.45) is 11.6. The minimum absolute atomic E-state index is 0.152. The molecule has 0 radical (unpaired) electrons. The number of hydrogen-bond donors (Lipinski definition) is 2. The van der Waals surface area contributed by atoms with Gasteiger partial charge in [-0.3, -0.25) is 0 Å². The Balaban J connectivity index is 1.64. The standard InChI is InChI=1S/C21H34O2/c1-13(22)17-6-7-18-16-5-4-14-12-15(23)8-10-20(14,2)19(16)9-11-21(17,18)3/h12-13,15-19,22-23H,4-11H2,1-3H3/t13-,15+,16?,17?,18?,19?,20+,21-/m1/s1. The zero-order valence-corrected chi connectivity index (χ0v) is 15.1. The fourth-order valence-electron chi connectivity index (χ4n) is 7.54. The van der Waals surface area contributed by atoms with Crippen molar-refractivity contribution >= 4 is 0 Å². The predicted molar refractivity (Wildman–Crippen MR) is 92.9 cm³/mol. The highest BCUT2D eigenvalue weighted by atomic mass is 16.3. The molecular formula is C21H34O2. The lowest BCUT2D eigenvalue weighted by Gasteiger charge is -2.58. The summed E-state index contributed by atoms with van der Waals surface area (Å²) in [5.74, 6) is 2.97. The molecular weight excluding hydrogens is 284 g/mol. The van der Waals surface area contributed by atoms with Crippen LogP contribution in [0.15, 0.2) is 11.6 Å². The summed E-state index contributed by atoms with van der Waals surface area (Å²) in [5.41, 5.74) is 2.26. The van der Waals surface area contributed by atoms with Gasteiger partial charge in [-0.05, 0) is 92.8 Å². The first kappa shape index (κ1) is 16.1. The Morgan fingerprint density at radius 3 is 2.57 bits per heavy atom. The molecule has 4 rings (SSSR count). The molecule has 130 valence electrons. The van der Waals surface area contributed by atoms with Crippen molar-refractivity contribution in [1.29, 1.82) is 0 Å². The van der Waals surface area contributed by atoms with Gasteiger partial charge in [-0.25, -0.2) is 0 Å².